The van der Waals surface area contributed by atoms with Crippen molar-refractivity contribution in [2.24, 2.45) is 0 Å². The molecule has 4 heterocycles. The lowest BCUT2D eigenvalue weighted by Gasteiger charge is -2.27. The van der Waals surface area contributed by atoms with Gasteiger partial charge in [-0.2, -0.15) is 0 Å². The molecule has 7 nitrogen and oxygen atoms in total. The van der Waals surface area contributed by atoms with Crippen LogP contribution in [0.15, 0.2) is 67.4 Å². The maximum atomic E-state index is 5.25. The third kappa shape index (κ3) is 4.27. The predicted octanol–water partition coefficient (Wildman–Crippen LogP) is 3.56. The first-order valence-corrected chi connectivity index (χ1v) is 10.2. The summed E-state index contributed by atoms with van der Waals surface area (Å²) in [6.07, 6.45) is 7.81. The van der Waals surface area contributed by atoms with Gasteiger partial charge >= 0.3 is 0 Å². The van der Waals surface area contributed by atoms with Crippen molar-refractivity contribution in [1.82, 2.24) is 29.8 Å². The van der Waals surface area contributed by atoms with E-state index in [1.165, 1.54) is 6.33 Å². The van der Waals surface area contributed by atoms with Crippen LogP contribution in [0.3, 0.4) is 0 Å². The number of hydrogen-bond donors (Lipinski definition) is 0. The van der Waals surface area contributed by atoms with E-state index in [1.54, 1.807) is 19.5 Å². The molecule has 0 saturated carbocycles. The van der Waals surface area contributed by atoms with Gasteiger partial charge in [0.05, 0.1) is 29.8 Å². The van der Waals surface area contributed by atoms with E-state index in [4.69, 9.17) is 14.7 Å². The summed E-state index contributed by atoms with van der Waals surface area (Å²) in [5.74, 6) is 1.53. The van der Waals surface area contributed by atoms with Crippen LogP contribution in [0.5, 0.6) is 5.75 Å². The second-order valence-electron chi connectivity index (χ2n) is 7.50. The standard InChI is InChI=1S/C24H22N6O/c1-31-21-7-5-17(6-8-21)22-4-2-3-20(28-22)15-30-10-9-23-19(14-30)13-27-24(29-23)18-11-25-16-26-12-18/h2-8,11-13,16H,9-10,14-15H2,1H3. The van der Waals surface area contributed by atoms with Gasteiger partial charge in [0, 0.05) is 55.8 Å². The Balaban J connectivity index is 1.30. The topological polar surface area (TPSA) is 76.9 Å². The molecule has 0 amide bonds. The summed E-state index contributed by atoms with van der Waals surface area (Å²) in [6.45, 7) is 2.54. The highest BCUT2D eigenvalue weighted by Gasteiger charge is 2.19. The Labute approximate surface area is 180 Å². The molecular weight excluding hydrogens is 388 g/mol. The van der Waals surface area contributed by atoms with Crippen LogP contribution in [0.4, 0.5) is 0 Å². The smallest absolute Gasteiger partial charge is 0.162 e. The Bertz CT molecular complexity index is 1180. The van der Waals surface area contributed by atoms with Gasteiger partial charge in [0.1, 0.15) is 12.1 Å². The van der Waals surface area contributed by atoms with Crippen LogP contribution in [0.2, 0.25) is 0 Å². The van der Waals surface area contributed by atoms with E-state index < -0.39 is 0 Å². The van der Waals surface area contributed by atoms with E-state index >= 15 is 0 Å². The lowest BCUT2D eigenvalue weighted by atomic mass is 10.1. The molecule has 154 valence electrons. The summed E-state index contributed by atoms with van der Waals surface area (Å²) in [5, 5.41) is 0. The van der Waals surface area contributed by atoms with Crippen LogP contribution in [0, 0.1) is 0 Å². The van der Waals surface area contributed by atoms with Gasteiger partial charge in [0.25, 0.3) is 0 Å². The van der Waals surface area contributed by atoms with Gasteiger partial charge < -0.3 is 4.74 Å². The number of methoxy groups -OCH3 is 1. The first-order valence-electron chi connectivity index (χ1n) is 10.2. The molecule has 31 heavy (non-hydrogen) atoms. The molecule has 0 radical (unpaired) electrons. The average molecular weight is 410 g/mol. The summed E-state index contributed by atoms with van der Waals surface area (Å²) in [7, 11) is 1.67. The number of hydrogen-bond acceptors (Lipinski definition) is 7. The average Bonchev–Trinajstić information content (AvgIpc) is 2.84. The van der Waals surface area contributed by atoms with Crippen LogP contribution < -0.4 is 4.74 Å². The first kappa shape index (κ1) is 19.3. The Morgan fingerprint density at radius 3 is 2.58 bits per heavy atom. The first-order chi connectivity index (χ1) is 15.3. The summed E-state index contributed by atoms with van der Waals surface area (Å²) in [4.78, 5) is 24.7. The molecule has 0 aliphatic carbocycles. The molecule has 1 aliphatic rings. The Hall–Kier alpha value is -3.71. The van der Waals surface area contributed by atoms with E-state index in [2.05, 4.69) is 32.0 Å². The molecule has 0 spiro atoms. The van der Waals surface area contributed by atoms with Gasteiger partial charge in [-0.3, -0.25) is 9.88 Å². The Kier molecular flexibility index (Phi) is 5.33. The largest absolute Gasteiger partial charge is 0.497 e. The molecule has 1 aromatic carbocycles. The molecule has 7 heteroatoms. The number of nitrogens with zero attached hydrogens (tertiary/aromatic N) is 6. The number of aromatic nitrogens is 5. The van der Waals surface area contributed by atoms with E-state index in [0.717, 1.165) is 65.6 Å². The molecule has 4 aromatic rings. The normalized spacial score (nSPS) is 13.6. The lowest BCUT2D eigenvalue weighted by molar-refractivity contribution is 0.240. The highest BCUT2D eigenvalue weighted by molar-refractivity contribution is 5.60. The van der Waals surface area contributed by atoms with Crippen molar-refractivity contribution in [3.63, 3.8) is 0 Å². The second kappa shape index (κ2) is 8.57. The van der Waals surface area contributed by atoms with Gasteiger partial charge in [-0.1, -0.05) is 6.07 Å². The zero-order valence-corrected chi connectivity index (χ0v) is 17.3. The minimum atomic E-state index is 0.682. The second-order valence-corrected chi connectivity index (χ2v) is 7.50. The fourth-order valence-electron chi connectivity index (χ4n) is 3.78. The van der Waals surface area contributed by atoms with Crippen molar-refractivity contribution in [2.75, 3.05) is 13.7 Å². The van der Waals surface area contributed by atoms with Crippen molar-refractivity contribution in [2.45, 2.75) is 19.5 Å². The molecule has 0 bridgehead atoms. The molecule has 3 aromatic heterocycles. The van der Waals surface area contributed by atoms with Gasteiger partial charge in [0.2, 0.25) is 0 Å². The third-order valence-electron chi connectivity index (χ3n) is 5.41. The molecule has 5 rings (SSSR count). The van der Waals surface area contributed by atoms with Crippen molar-refractivity contribution in [3.05, 3.63) is 84.3 Å². The fourth-order valence-corrected chi connectivity index (χ4v) is 3.78. The lowest BCUT2D eigenvalue weighted by Crippen LogP contribution is -2.31. The summed E-state index contributed by atoms with van der Waals surface area (Å²) in [5.41, 5.74) is 6.21. The highest BCUT2D eigenvalue weighted by atomic mass is 16.5. The third-order valence-corrected chi connectivity index (χ3v) is 5.41. The van der Waals surface area contributed by atoms with E-state index in [-0.39, 0.29) is 0 Å². The molecular formula is C24H22N6O. The monoisotopic (exact) mass is 410 g/mol. The molecule has 0 saturated heterocycles. The summed E-state index contributed by atoms with van der Waals surface area (Å²) in [6, 6.07) is 14.2. The molecule has 0 N–H and O–H groups in total. The van der Waals surface area contributed by atoms with Crippen LogP contribution in [-0.2, 0) is 19.5 Å². The van der Waals surface area contributed by atoms with Crippen molar-refractivity contribution < 1.29 is 4.74 Å². The summed E-state index contributed by atoms with van der Waals surface area (Å²) >= 11 is 0. The molecule has 0 fully saturated rings. The SMILES string of the molecule is COc1ccc(-c2cccc(CN3CCc4nc(-c5cncnc5)ncc4C3)n2)cc1. The quantitative estimate of drug-likeness (QED) is 0.498. The number of benzene rings is 1. The van der Waals surface area contributed by atoms with Gasteiger partial charge in [-0.15, -0.1) is 0 Å². The van der Waals surface area contributed by atoms with Crippen LogP contribution in [0.25, 0.3) is 22.6 Å². The molecule has 0 atom stereocenters. The van der Waals surface area contributed by atoms with Crippen molar-refractivity contribution >= 4 is 0 Å². The number of pyridine rings is 1. The van der Waals surface area contributed by atoms with Crippen molar-refractivity contribution in [3.8, 4) is 28.4 Å². The highest BCUT2D eigenvalue weighted by Crippen LogP contribution is 2.23. The van der Waals surface area contributed by atoms with Gasteiger partial charge in [-0.25, -0.2) is 19.9 Å². The Morgan fingerprint density at radius 1 is 0.935 bits per heavy atom. The number of ether oxygens (including phenoxy) is 1. The zero-order chi connectivity index (χ0) is 21.0. The van der Waals surface area contributed by atoms with E-state index in [1.807, 2.05) is 36.5 Å². The van der Waals surface area contributed by atoms with Crippen LogP contribution >= 0.6 is 0 Å². The zero-order valence-electron chi connectivity index (χ0n) is 17.3. The Morgan fingerprint density at radius 2 is 1.77 bits per heavy atom. The van der Waals surface area contributed by atoms with Crippen LogP contribution in [-0.4, -0.2) is 43.5 Å². The van der Waals surface area contributed by atoms with Crippen LogP contribution in [0.1, 0.15) is 17.0 Å². The van der Waals surface area contributed by atoms with Gasteiger partial charge in [-0.05, 0) is 36.4 Å². The number of rotatable bonds is 5. The fraction of sp³-hybridized carbons (Fsp3) is 0.208. The minimum Gasteiger partial charge on any atom is -0.497 e. The van der Waals surface area contributed by atoms with E-state index in [9.17, 15) is 0 Å². The maximum Gasteiger partial charge on any atom is 0.162 e. The molecule has 1 aliphatic heterocycles. The predicted molar refractivity (Wildman–Crippen MR) is 117 cm³/mol. The van der Waals surface area contributed by atoms with E-state index in [0.29, 0.717) is 5.82 Å². The van der Waals surface area contributed by atoms with Crippen molar-refractivity contribution in [1.29, 1.82) is 0 Å². The minimum absolute atomic E-state index is 0.682. The summed E-state index contributed by atoms with van der Waals surface area (Å²) < 4.78 is 5.25. The maximum absolute atomic E-state index is 5.25. The van der Waals surface area contributed by atoms with Gasteiger partial charge in [0.15, 0.2) is 5.82 Å². The molecule has 0 unspecified atom stereocenters. The number of fused-ring (bicyclic) bond motifs is 1.